The molecule has 0 aliphatic carbocycles. The van der Waals surface area contributed by atoms with Crippen LogP contribution in [-0.4, -0.2) is 15.3 Å². The second-order valence-corrected chi connectivity index (χ2v) is 7.39. The maximum Gasteiger partial charge on any atom is 0.230 e. The first kappa shape index (κ1) is 16.5. The van der Waals surface area contributed by atoms with E-state index in [4.69, 9.17) is 16.6 Å². The molecule has 3 aromatic rings. The minimum Gasteiger partial charge on any atom is -0.309 e. The zero-order valence-electron chi connectivity index (χ0n) is 14.2. The summed E-state index contributed by atoms with van der Waals surface area (Å²) in [4.78, 5) is 17.2. The van der Waals surface area contributed by atoms with Crippen molar-refractivity contribution in [2.75, 3.05) is 5.32 Å². The van der Waals surface area contributed by atoms with Crippen molar-refractivity contribution in [3.05, 3.63) is 53.2 Å². The maximum atomic E-state index is 12.5. The van der Waals surface area contributed by atoms with Crippen LogP contribution < -0.4 is 5.32 Å². The Hall–Kier alpha value is -2.33. The molecule has 0 aliphatic heterocycles. The predicted octanol–water partition coefficient (Wildman–Crippen LogP) is 4.95. The normalized spacial score (nSPS) is 11.7. The molecule has 0 radical (unpaired) electrons. The van der Waals surface area contributed by atoms with E-state index < -0.39 is 5.41 Å². The molecule has 5 heteroatoms. The number of nitrogens with one attached hydrogen (secondary N) is 1. The number of hydrogen-bond acceptors (Lipinski definition) is 2. The largest absolute Gasteiger partial charge is 0.309 e. The van der Waals surface area contributed by atoms with Crippen molar-refractivity contribution >= 4 is 29.0 Å². The molecule has 1 aromatic carbocycles. The molecule has 4 nitrogen and oxygen atoms in total. The van der Waals surface area contributed by atoms with Crippen molar-refractivity contribution in [2.24, 2.45) is 5.41 Å². The third-order valence-electron chi connectivity index (χ3n) is 3.81. The number of aryl methyl sites for hydroxylation is 1. The lowest BCUT2D eigenvalue weighted by molar-refractivity contribution is -0.123. The fourth-order valence-electron chi connectivity index (χ4n) is 2.37. The van der Waals surface area contributed by atoms with Crippen LogP contribution in [0, 0.1) is 12.3 Å². The van der Waals surface area contributed by atoms with Crippen molar-refractivity contribution in [2.45, 2.75) is 27.7 Å². The van der Waals surface area contributed by atoms with Crippen LogP contribution in [0.2, 0.25) is 5.02 Å². The summed E-state index contributed by atoms with van der Waals surface area (Å²) < 4.78 is 1.90. The summed E-state index contributed by atoms with van der Waals surface area (Å²) in [5, 5.41) is 3.70. The minimum absolute atomic E-state index is 0.0555. The molecular weight excluding hydrogens is 322 g/mol. The van der Waals surface area contributed by atoms with Gasteiger partial charge in [-0.3, -0.25) is 9.20 Å². The van der Waals surface area contributed by atoms with Crippen molar-refractivity contribution in [3.8, 4) is 11.3 Å². The van der Waals surface area contributed by atoms with Gasteiger partial charge in [0.25, 0.3) is 0 Å². The Bertz CT molecular complexity index is 905. The second-order valence-electron chi connectivity index (χ2n) is 6.95. The Morgan fingerprint density at radius 3 is 2.46 bits per heavy atom. The average Bonchev–Trinajstić information content (AvgIpc) is 2.85. The van der Waals surface area contributed by atoms with Crippen LogP contribution in [0.4, 0.5) is 5.82 Å². The summed E-state index contributed by atoms with van der Waals surface area (Å²) >= 11 is 5.99. The van der Waals surface area contributed by atoms with E-state index in [0.29, 0.717) is 10.8 Å². The smallest absolute Gasteiger partial charge is 0.230 e. The topological polar surface area (TPSA) is 46.4 Å². The van der Waals surface area contributed by atoms with Gasteiger partial charge in [-0.25, -0.2) is 4.98 Å². The maximum absolute atomic E-state index is 12.5. The Morgan fingerprint density at radius 1 is 1.17 bits per heavy atom. The molecule has 1 amide bonds. The molecule has 1 N–H and O–H groups in total. The number of amides is 1. The van der Waals surface area contributed by atoms with Gasteiger partial charge >= 0.3 is 0 Å². The minimum atomic E-state index is -0.494. The highest BCUT2D eigenvalue weighted by atomic mass is 35.5. The zero-order valence-corrected chi connectivity index (χ0v) is 15.0. The third-order valence-corrected chi connectivity index (χ3v) is 4.06. The number of pyridine rings is 1. The van der Waals surface area contributed by atoms with E-state index >= 15 is 0 Å². The van der Waals surface area contributed by atoms with E-state index in [2.05, 4.69) is 5.32 Å². The molecule has 3 rings (SSSR count). The lowest BCUT2D eigenvalue weighted by atomic mass is 9.95. The highest BCUT2D eigenvalue weighted by molar-refractivity contribution is 6.30. The predicted molar refractivity (Wildman–Crippen MR) is 98.5 cm³/mol. The molecule has 0 spiro atoms. The van der Waals surface area contributed by atoms with E-state index in [9.17, 15) is 4.79 Å². The number of carbonyl (C=O) groups is 1. The lowest BCUT2D eigenvalue weighted by Gasteiger charge is -2.18. The lowest BCUT2D eigenvalue weighted by Crippen LogP contribution is -2.28. The van der Waals surface area contributed by atoms with Gasteiger partial charge in [-0.1, -0.05) is 44.5 Å². The second kappa shape index (κ2) is 5.95. The molecule has 2 heterocycles. The molecule has 0 aliphatic rings. The van der Waals surface area contributed by atoms with Gasteiger partial charge in [0.05, 0.1) is 0 Å². The highest BCUT2D eigenvalue weighted by Gasteiger charge is 2.24. The van der Waals surface area contributed by atoms with Crippen LogP contribution in [0.5, 0.6) is 0 Å². The summed E-state index contributed by atoms with van der Waals surface area (Å²) in [5.41, 5.74) is 3.05. The molecule has 2 aromatic heterocycles. The Labute approximate surface area is 146 Å². The highest BCUT2D eigenvalue weighted by Crippen LogP contribution is 2.31. The first-order valence-electron chi connectivity index (χ1n) is 7.82. The molecule has 124 valence electrons. The molecule has 0 fully saturated rings. The first-order chi connectivity index (χ1) is 11.3. The fraction of sp³-hybridized carbons (Fsp3) is 0.263. The van der Waals surface area contributed by atoms with Gasteiger partial charge in [-0.2, -0.15) is 0 Å². The summed E-state index contributed by atoms with van der Waals surface area (Å²) in [6.45, 7) is 7.68. The monoisotopic (exact) mass is 341 g/mol. The Balaban J connectivity index is 2.18. The van der Waals surface area contributed by atoms with E-state index in [-0.39, 0.29) is 5.91 Å². The Morgan fingerprint density at radius 2 is 1.83 bits per heavy atom. The first-order valence-corrected chi connectivity index (χ1v) is 8.19. The summed E-state index contributed by atoms with van der Waals surface area (Å²) in [5.74, 6) is 0.618. The van der Waals surface area contributed by atoms with Gasteiger partial charge < -0.3 is 5.32 Å². The number of carbonyl (C=O) groups excluding carboxylic acids is 1. The number of benzene rings is 1. The average molecular weight is 342 g/mol. The van der Waals surface area contributed by atoms with Gasteiger partial charge in [0, 0.05) is 22.2 Å². The Kier molecular flexibility index (Phi) is 4.10. The summed E-state index contributed by atoms with van der Waals surface area (Å²) in [7, 11) is 0. The molecule has 0 unspecified atom stereocenters. The number of fused-ring (bicyclic) bond motifs is 1. The number of hydrogen-bond donors (Lipinski definition) is 1. The van der Waals surface area contributed by atoms with Gasteiger partial charge in [-0.05, 0) is 36.8 Å². The van der Waals surface area contributed by atoms with Crippen molar-refractivity contribution in [1.29, 1.82) is 0 Å². The van der Waals surface area contributed by atoms with Crippen molar-refractivity contribution < 1.29 is 4.79 Å². The van der Waals surface area contributed by atoms with Crippen LogP contribution in [0.1, 0.15) is 26.3 Å². The van der Waals surface area contributed by atoms with Gasteiger partial charge in [0.1, 0.15) is 17.2 Å². The van der Waals surface area contributed by atoms with E-state index in [1.165, 1.54) is 0 Å². The van der Waals surface area contributed by atoms with E-state index in [0.717, 1.165) is 22.5 Å². The number of halogens is 1. The van der Waals surface area contributed by atoms with Crippen LogP contribution in [0.15, 0.2) is 42.6 Å². The van der Waals surface area contributed by atoms with Gasteiger partial charge in [-0.15, -0.1) is 0 Å². The molecule has 0 bridgehead atoms. The molecule has 0 saturated carbocycles. The van der Waals surface area contributed by atoms with Crippen LogP contribution in [-0.2, 0) is 4.79 Å². The number of anilines is 1. The SMILES string of the molecule is Cc1ccn2c(NC(=O)C(C)(C)C)c(-c3ccc(Cl)cc3)nc2c1. The number of rotatable bonds is 2. The molecule has 0 saturated heterocycles. The van der Waals surface area contributed by atoms with Gasteiger partial charge in [0.15, 0.2) is 0 Å². The third kappa shape index (κ3) is 3.15. The van der Waals surface area contributed by atoms with Crippen molar-refractivity contribution in [1.82, 2.24) is 9.38 Å². The summed E-state index contributed by atoms with van der Waals surface area (Å²) in [6.07, 6.45) is 1.93. The van der Waals surface area contributed by atoms with Crippen molar-refractivity contribution in [3.63, 3.8) is 0 Å². The summed E-state index contributed by atoms with van der Waals surface area (Å²) in [6, 6.07) is 11.4. The number of aromatic nitrogens is 2. The standard InChI is InChI=1S/C19H20ClN3O/c1-12-9-10-23-15(11-12)21-16(13-5-7-14(20)8-6-13)17(23)22-18(24)19(2,3)4/h5-11H,1-4H3,(H,22,24). The molecular formula is C19H20ClN3O. The number of imidazole rings is 1. The van der Waals surface area contributed by atoms with Crippen LogP contribution >= 0.6 is 11.6 Å². The fourth-order valence-corrected chi connectivity index (χ4v) is 2.50. The number of nitrogens with zero attached hydrogens (tertiary/aromatic N) is 2. The van der Waals surface area contributed by atoms with E-state index in [1.54, 1.807) is 0 Å². The van der Waals surface area contributed by atoms with Gasteiger partial charge in [0.2, 0.25) is 5.91 Å². The quantitative estimate of drug-likeness (QED) is 0.717. The van der Waals surface area contributed by atoms with Crippen LogP contribution in [0.25, 0.3) is 16.9 Å². The zero-order chi connectivity index (χ0) is 17.5. The molecule has 0 atom stereocenters. The van der Waals surface area contributed by atoms with E-state index in [1.807, 2.05) is 74.7 Å². The molecule has 24 heavy (non-hydrogen) atoms. The van der Waals surface area contributed by atoms with Crippen LogP contribution in [0.3, 0.4) is 0 Å².